The summed E-state index contributed by atoms with van der Waals surface area (Å²) in [7, 11) is 0. The van der Waals surface area contributed by atoms with Gasteiger partial charge in [0.2, 0.25) is 5.91 Å². The predicted molar refractivity (Wildman–Crippen MR) is 76.7 cm³/mol. The highest BCUT2D eigenvalue weighted by Crippen LogP contribution is 2.22. The second-order valence-electron chi connectivity index (χ2n) is 4.92. The smallest absolute Gasteiger partial charge is 0.242 e. The molecule has 3 nitrogen and oxygen atoms in total. The summed E-state index contributed by atoms with van der Waals surface area (Å²) in [6, 6.07) is 1.86. The zero-order valence-corrected chi connectivity index (χ0v) is 12.2. The van der Waals surface area contributed by atoms with Crippen LogP contribution in [0, 0.1) is 18.6 Å². The molecule has 0 aliphatic heterocycles. The van der Waals surface area contributed by atoms with Crippen molar-refractivity contribution in [2.24, 2.45) is 0 Å². The van der Waals surface area contributed by atoms with Crippen LogP contribution in [0.1, 0.15) is 38.7 Å². The first kappa shape index (κ1) is 16.4. The van der Waals surface area contributed by atoms with Crippen molar-refractivity contribution >= 4 is 11.6 Å². The Morgan fingerprint density at radius 2 is 2.00 bits per heavy atom. The molecule has 0 radical (unpaired) electrons. The third kappa shape index (κ3) is 4.47. The minimum absolute atomic E-state index is 0.249. The van der Waals surface area contributed by atoms with E-state index >= 15 is 0 Å². The number of nitrogens with one attached hydrogen (secondary N) is 2. The Morgan fingerprint density at radius 3 is 2.65 bits per heavy atom. The maximum atomic E-state index is 13.8. The third-order valence-electron chi connectivity index (χ3n) is 3.12. The lowest BCUT2D eigenvalue weighted by molar-refractivity contribution is -0.121. The fourth-order valence-corrected chi connectivity index (χ4v) is 1.81. The van der Waals surface area contributed by atoms with Crippen molar-refractivity contribution in [3.05, 3.63) is 29.3 Å². The molecule has 0 aliphatic rings. The Balaban J connectivity index is 2.60. The first-order valence-electron chi connectivity index (χ1n) is 6.96. The van der Waals surface area contributed by atoms with Crippen LogP contribution < -0.4 is 10.6 Å². The van der Waals surface area contributed by atoms with Gasteiger partial charge in [-0.05, 0) is 31.9 Å². The molecule has 2 N–H and O–H groups in total. The average Bonchev–Trinajstić information content (AvgIpc) is 2.43. The maximum absolute atomic E-state index is 13.8. The summed E-state index contributed by atoms with van der Waals surface area (Å²) in [6.45, 7) is 5.79. The molecule has 1 rings (SSSR count). The Morgan fingerprint density at radius 1 is 1.30 bits per heavy atom. The van der Waals surface area contributed by atoms with Crippen LogP contribution in [0.15, 0.2) is 12.1 Å². The molecule has 1 atom stereocenters. The van der Waals surface area contributed by atoms with E-state index < -0.39 is 17.7 Å². The van der Waals surface area contributed by atoms with Gasteiger partial charge in [0.05, 0.1) is 0 Å². The number of carbonyl (C=O) groups is 1. The number of unbranched alkanes of at least 4 members (excludes halogenated alkanes) is 2. The van der Waals surface area contributed by atoms with Crippen molar-refractivity contribution < 1.29 is 13.6 Å². The molecule has 0 saturated heterocycles. The molecule has 0 saturated carbocycles. The van der Waals surface area contributed by atoms with Crippen molar-refractivity contribution in [2.75, 3.05) is 11.9 Å². The van der Waals surface area contributed by atoms with E-state index in [0.717, 1.165) is 19.3 Å². The third-order valence-corrected chi connectivity index (χ3v) is 3.12. The van der Waals surface area contributed by atoms with Gasteiger partial charge in [-0.25, -0.2) is 8.78 Å². The second kappa shape index (κ2) is 7.82. The second-order valence-corrected chi connectivity index (χ2v) is 4.92. The summed E-state index contributed by atoms with van der Waals surface area (Å²) in [5, 5.41) is 5.34. The first-order valence-corrected chi connectivity index (χ1v) is 6.96. The van der Waals surface area contributed by atoms with E-state index in [0.29, 0.717) is 12.1 Å². The molecule has 0 aliphatic carbocycles. The fraction of sp³-hybridized carbons (Fsp3) is 0.533. The first-order chi connectivity index (χ1) is 9.47. The van der Waals surface area contributed by atoms with E-state index in [4.69, 9.17) is 0 Å². The topological polar surface area (TPSA) is 41.1 Å². The van der Waals surface area contributed by atoms with Crippen LogP contribution in [-0.2, 0) is 4.79 Å². The zero-order valence-electron chi connectivity index (χ0n) is 12.2. The molecule has 0 fully saturated rings. The average molecular weight is 284 g/mol. The van der Waals surface area contributed by atoms with Gasteiger partial charge in [0.1, 0.15) is 17.5 Å². The lowest BCUT2D eigenvalue weighted by atomic mass is 10.1. The van der Waals surface area contributed by atoms with E-state index in [9.17, 15) is 13.6 Å². The van der Waals surface area contributed by atoms with E-state index in [1.807, 2.05) is 0 Å². The summed E-state index contributed by atoms with van der Waals surface area (Å²) < 4.78 is 27.4. The molecule has 0 heterocycles. The molecule has 0 spiro atoms. The number of benzene rings is 1. The number of aryl methyl sites for hydroxylation is 1. The van der Waals surface area contributed by atoms with Crippen LogP contribution in [0.5, 0.6) is 0 Å². The van der Waals surface area contributed by atoms with Gasteiger partial charge in [-0.1, -0.05) is 25.8 Å². The lowest BCUT2D eigenvalue weighted by Gasteiger charge is -2.17. The van der Waals surface area contributed by atoms with Crippen molar-refractivity contribution in [1.29, 1.82) is 0 Å². The van der Waals surface area contributed by atoms with E-state index in [1.165, 1.54) is 12.1 Å². The van der Waals surface area contributed by atoms with E-state index in [2.05, 4.69) is 17.6 Å². The van der Waals surface area contributed by atoms with Crippen molar-refractivity contribution in [3.8, 4) is 0 Å². The number of carbonyl (C=O) groups excluding carboxylic acids is 1. The van der Waals surface area contributed by atoms with Gasteiger partial charge in [0, 0.05) is 6.54 Å². The van der Waals surface area contributed by atoms with Crippen LogP contribution in [-0.4, -0.2) is 18.5 Å². The summed E-state index contributed by atoms with van der Waals surface area (Å²) in [6.07, 6.45) is 3.02. The van der Waals surface area contributed by atoms with Gasteiger partial charge in [-0.3, -0.25) is 4.79 Å². The van der Waals surface area contributed by atoms with Gasteiger partial charge in [0.15, 0.2) is 5.82 Å². The molecule has 5 heteroatoms. The Kier molecular flexibility index (Phi) is 6.42. The summed E-state index contributed by atoms with van der Waals surface area (Å²) >= 11 is 0. The van der Waals surface area contributed by atoms with Crippen LogP contribution in [0.3, 0.4) is 0 Å². The maximum Gasteiger partial charge on any atom is 0.242 e. The van der Waals surface area contributed by atoms with Crippen LogP contribution in [0.2, 0.25) is 0 Å². The Hall–Kier alpha value is -1.65. The predicted octanol–water partition coefficient (Wildman–Crippen LogP) is 3.38. The molecule has 1 amide bonds. The van der Waals surface area contributed by atoms with E-state index in [1.54, 1.807) is 13.8 Å². The Bertz CT molecular complexity index is 463. The molecule has 20 heavy (non-hydrogen) atoms. The highest BCUT2D eigenvalue weighted by atomic mass is 19.1. The number of hydrogen-bond acceptors (Lipinski definition) is 2. The molecule has 0 aromatic heterocycles. The quantitative estimate of drug-likeness (QED) is 0.754. The zero-order chi connectivity index (χ0) is 15.1. The van der Waals surface area contributed by atoms with Crippen LogP contribution >= 0.6 is 0 Å². The standard InChI is InChI=1S/C15H22F2N2O/c1-4-5-6-9-18-15(20)11(3)19-14-12(16)8-7-10(2)13(14)17/h7-8,11,19H,4-6,9H2,1-3H3,(H,18,20). The van der Waals surface area contributed by atoms with Gasteiger partial charge < -0.3 is 10.6 Å². The van der Waals surface area contributed by atoms with Crippen molar-refractivity contribution in [2.45, 2.75) is 46.1 Å². The van der Waals surface area contributed by atoms with Gasteiger partial charge in [-0.2, -0.15) is 0 Å². The van der Waals surface area contributed by atoms with Crippen molar-refractivity contribution in [3.63, 3.8) is 0 Å². The SMILES string of the molecule is CCCCCNC(=O)C(C)Nc1c(F)ccc(C)c1F. The minimum Gasteiger partial charge on any atom is -0.369 e. The number of rotatable bonds is 7. The van der Waals surface area contributed by atoms with Gasteiger partial charge >= 0.3 is 0 Å². The number of anilines is 1. The number of halogens is 2. The highest BCUT2D eigenvalue weighted by Gasteiger charge is 2.17. The molecule has 112 valence electrons. The van der Waals surface area contributed by atoms with Gasteiger partial charge in [-0.15, -0.1) is 0 Å². The minimum atomic E-state index is -0.696. The molecular weight excluding hydrogens is 262 g/mol. The Labute approximate surface area is 118 Å². The molecular formula is C15H22F2N2O. The van der Waals surface area contributed by atoms with Crippen LogP contribution in [0.4, 0.5) is 14.5 Å². The highest BCUT2D eigenvalue weighted by molar-refractivity contribution is 5.84. The van der Waals surface area contributed by atoms with E-state index in [-0.39, 0.29) is 11.6 Å². The number of amides is 1. The molecule has 1 aromatic rings. The molecule has 1 unspecified atom stereocenters. The summed E-state index contributed by atoms with van der Waals surface area (Å²) in [5.74, 6) is -1.62. The van der Waals surface area contributed by atoms with Crippen molar-refractivity contribution in [1.82, 2.24) is 5.32 Å². The summed E-state index contributed by atoms with van der Waals surface area (Å²) in [5.41, 5.74) is 0.0886. The van der Waals surface area contributed by atoms with Gasteiger partial charge in [0.25, 0.3) is 0 Å². The normalized spacial score (nSPS) is 12.1. The largest absolute Gasteiger partial charge is 0.369 e. The summed E-state index contributed by atoms with van der Waals surface area (Å²) in [4.78, 5) is 11.8. The molecule has 0 bridgehead atoms. The number of hydrogen-bond donors (Lipinski definition) is 2. The monoisotopic (exact) mass is 284 g/mol. The van der Waals surface area contributed by atoms with Crippen LogP contribution in [0.25, 0.3) is 0 Å². The molecule has 1 aromatic carbocycles. The lowest BCUT2D eigenvalue weighted by Crippen LogP contribution is -2.38. The fourth-order valence-electron chi connectivity index (χ4n) is 1.81.